The minimum absolute atomic E-state index is 0.0776. The Morgan fingerprint density at radius 1 is 1.73 bits per heavy atom. The molecule has 15 heavy (non-hydrogen) atoms. The third kappa shape index (κ3) is 4.32. The van der Waals surface area contributed by atoms with Crippen LogP contribution in [0.25, 0.3) is 0 Å². The minimum Gasteiger partial charge on any atom is -0.344 e. The molecule has 0 fully saturated rings. The first-order chi connectivity index (χ1) is 7.26. The van der Waals surface area contributed by atoms with Crippen molar-refractivity contribution in [2.75, 3.05) is 12.3 Å². The Balaban J connectivity index is 2.31. The van der Waals surface area contributed by atoms with Crippen LogP contribution in [0.3, 0.4) is 0 Å². The number of aromatic nitrogens is 2. The number of aryl methyl sites for hydroxylation is 1. The Bertz CT molecular complexity index is 370. The Hall–Kier alpha value is -1.06. The van der Waals surface area contributed by atoms with E-state index in [9.17, 15) is 4.79 Å². The molecule has 1 aromatic heterocycles. The molecular weight excluding hydrogens is 230 g/mol. The van der Waals surface area contributed by atoms with Crippen molar-refractivity contribution < 1.29 is 4.79 Å². The standard InChI is InChI=1S/C9H11N3OS2/c1-3-5-10-8(13)6-14-9-11-7(4-2)12-15-9/h1H,4-6H2,2H3,(H,10,13). The molecule has 1 heterocycles. The smallest absolute Gasteiger partial charge is 0.231 e. The van der Waals surface area contributed by atoms with Gasteiger partial charge in [-0.1, -0.05) is 24.6 Å². The number of nitrogens with zero attached hydrogens (tertiary/aromatic N) is 2. The zero-order valence-electron chi connectivity index (χ0n) is 8.32. The molecule has 0 saturated heterocycles. The molecule has 0 aromatic carbocycles. The number of thioether (sulfide) groups is 1. The van der Waals surface area contributed by atoms with Crippen LogP contribution in [0, 0.1) is 12.3 Å². The Labute approximate surface area is 97.0 Å². The maximum absolute atomic E-state index is 11.2. The molecule has 0 aliphatic carbocycles. The molecule has 0 bridgehead atoms. The SMILES string of the molecule is C#CCNC(=O)CSc1nc(CC)ns1. The predicted octanol–water partition coefficient (Wildman–Crippen LogP) is 0.942. The fourth-order valence-electron chi connectivity index (χ4n) is 0.768. The lowest BCUT2D eigenvalue weighted by molar-refractivity contribution is -0.118. The second kappa shape index (κ2) is 6.43. The molecule has 1 aromatic rings. The Kier molecular flexibility index (Phi) is 5.15. The van der Waals surface area contributed by atoms with Crippen molar-refractivity contribution in [3.05, 3.63) is 5.82 Å². The lowest BCUT2D eigenvalue weighted by Gasteiger charge is -1.97. The molecule has 0 aliphatic rings. The zero-order valence-corrected chi connectivity index (χ0v) is 9.95. The topological polar surface area (TPSA) is 54.9 Å². The molecule has 0 radical (unpaired) electrons. The molecule has 0 aliphatic heterocycles. The minimum atomic E-state index is -0.0776. The summed E-state index contributed by atoms with van der Waals surface area (Å²) >= 11 is 2.70. The van der Waals surface area contributed by atoms with Gasteiger partial charge in [-0.3, -0.25) is 4.79 Å². The maximum atomic E-state index is 11.2. The van der Waals surface area contributed by atoms with Crippen molar-refractivity contribution in [2.24, 2.45) is 0 Å². The number of amides is 1. The van der Waals surface area contributed by atoms with Gasteiger partial charge in [-0.15, -0.1) is 6.42 Å². The molecule has 0 atom stereocenters. The van der Waals surface area contributed by atoms with Crippen molar-refractivity contribution in [3.63, 3.8) is 0 Å². The number of carbonyl (C=O) groups excluding carboxylic acids is 1. The fraction of sp³-hybridized carbons (Fsp3) is 0.444. The van der Waals surface area contributed by atoms with Crippen LogP contribution in [-0.2, 0) is 11.2 Å². The molecule has 0 unspecified atom stereocenters. The summed E-state index contributed by atoms with van der Waals surface area (Å²) in [6.07, 6.45) is 5.83. The Morgan fingerprint density at radius 3 is 3.13 bits per heavy atom. The highest BCUT2D eigenvalue weighted by molar-refractivity contribution is 8.01. The fourth-order valence-corrected chi connectivity index (χ4v) is 2.29. The van der Waals surface area contributed by atoms with Crippen LogP contribution in [0.1, 0.15) is 12.7 Å². The van der Waals surface area contributed by atoms with E-state index in [1.807, 2.05) is 6.92 Å². The van der Waals surface area contributed by atoms with Crippen LogP contribution in [0.2, 0.25) is 0 Å². The van der Waals surface area contributed by atoms with E-state index in [2.05, 4.69) is 20.6 Å². The number of terminal acetylenes is 1. The highest BCUT2D eigenvalue weighted by Crippen LogP contribution is 2.19. The average molecular weight is 241 g/mol. The quantitative estimate of drug-likeness (QED) is 0.616. The second-order valence-electron chi connectivity index (χ2n) is 2.60. The third-order valence-electron chi connectivity index (χ3n) is 1.48. The normalized spacial score (nSPS) is 9.60. The van der Waals surface area contributed by atoms with E-state index in [1.54, 1.807) is 0 Å². The van der Waals surface area contributed by atoms with Gasteiger partial charge < -0.3 is 5.32 Å². The van der Waals surface area contributed by atoms with Gasteiger partial charge in [0.25, 0.3) is 0 Å². The van der Waals surface area contributed by atoms with E-state index >= 15 is 0 Å². The maximum Gasteiger partial charge on any atom is 0.231 e. The number of hydrogen-bond acceptors (Lipinski definition) is 5. The van der Waals surface area contributed by atoms with E-state index in [1.165, 1.54) is 23.3 Å². The highest BCUT2D eigenvalue weighted by atomic mass is 32.2. The van der Waals surface area contributed by atoms with Gasteiger partial charge in [0.2, 0.25) is 5.91 Å². The highest BCUT2D eigenvalue weighted by Gasteiger charge is 2.06. The van der Waals surface area contributed by atoms with Crippen molar-refractivity contribution in [3.8, 4) is 12.3 Å². The van der Waals surface area contributed by atoms with Crippen LogP contribution < -0.4 is 5.32 Å². The lowest BCUT2D eigenvalue weighted by Crippen LogP contribution is -2.25. The summed E-state index contributed by atoms with van der Waals surface area (Å²) in [7, 11) is 0. The summed E-state index contributed by atoms with van der Waals surface area (Å²) in [6.45, 7) is 2.27. The number of carbonyl (C=O) groups is 1. The van der Waals surface area contributed by atoms with E-state index in [0.717, 1.165) is 16.6 Å². The molecule has 1 N–H and O–H groups in total. The zero-order chi connectivity index (χ0) is 11.1. The molecular formula is C9H11N3OS2. The van der Waals surface area contributed by atoms with Gasteiger partial charge >= 0.3 is 0 Å². The Morgan fingerprint density at radius 2 is 2.53 bits per heavy atom. The van der Waals surface area contributed by atoms with Crippen molar-refractivity contribution in [1.29, 1.82) is 0 Å². The number of rotatable bonds is 5. The summed E-state index contributed by atoms with van der Waals surface area (Å²) in [4.78, 5) is 15.4. The summed E-state index contributed by atoms with van der Waals surface area (Å²) < 4.78 is 4.94. The van der Waals surface area contributed by atoms with Gasteiger partial charge in [0.15, 0.2) is 4.34 Å². The molecule has 0 spiro atoms. The van der Waals surface area contributed by atoms with Crippen molar-refractivity contribution in [1.82, 2.24) is 14.7 Å². The van der Waals surface area contributed by atoms with Crippen LogP contribution in [0.5, 0.6) is 0 Å². The van der Waals surface area contributed by atoms with Crippen LogP contribution in [0.4, 0.5) is 0 Å². The molecule has 4 nitrogen and oxygen atoms in total. The van der Waals surface area contributed by atoms with E-state index in [-0.39, 0.29) is 12.5 Å². The number of nitrogens with one attached hydrogen (secondary N) is 1. The molecule has 1 amide bonds. The van der Waals surface area contributed by atoms with Crippen molar-refractivity contribution >= 4 is 29.2 Å². The largest absolute Gasteiger partial charge is 0.344 e. The van der Waals surface area contributed by atoms with Crippen molar-refractivity contribution in [2.45, 2.75) is 17.7 Å². The van der Waals surface area contributed by atoms with Gasteiger partial charge in [-0.05, 0) is 11.5 Å². The van der Waals surface area contributed by atoms with Gasteiger partial charge in [-0.2, -0.15) is 4.37 Å². The van der Waals surface area contributed by atoms with Gasteiger partial charge in [0.05, 0.1) is 12.3 Å². The van der Waals surface area contributed by atoms with Crippen LogP contribution >= 0.6 is 23.3 Å². The van der Waals surface area contributed by atoms with E-state index in [0.29, 0.717) is 5.75 Å². The first kappa shape index (κ1) is 12.0. The molecule has 1 rings (SSSR count). The summed E-state index contributed by atoms with van der Waals surface area (Å²) in [5.41, 5.74) is 0. The number of hydrogen-bond donors (Lipinski definition) is 1. The second-order valence-corrected chi connectivity index (χ2v) is 4.57. The first-order valence-electron chi connectivity index (χ1n) is 4.41. The van der Waals surface area contributed by atoms with Gasteiger partial charge in [0, 0.05) is 6.42 Å². The van der Waals surface area contributed by atoms with Crippen LogP contribution in [-0.4, -0.2) is 27.6 Å². The summed E-state index contributed by atoms with van der Waals surface area (Å²) in [5.74, 6) is 3.42. The third-order valence-corrected chi connectivity index (χ3v) is 3.35. The predicted molar refractivity (Wildman–Crippen MR) is 61.9 cm³/mol. The lowest BCUT2D eigenvalue weighted by atomic mass is 10.5. The van der Waals surface area contributed by atoms with Crippen LogP contribution in [0.15, 0.2) is 4.34 Å². The molecule has 80 valence electrons. The average Bonchev–Trinajstić information content (AvgIpc) is 2.71. The first-order valence-corrected chi connectivity index (χ1v) is 6.17. The monoisotopic (exact) mass is 241 g/mol. The summed E-state index contributed by atoms with van der Waals surface area (Å²) in [5, 5.41) is 2.58. The molecule has 0 saturated carbocycles. The van der Waals surface area contributed by atoms with Gasteiger partial charge in [0.1, 0.15) is 5.82 Å². The summed E-state index contributed by atoms with van der Waals surface area (Å²) in [6, 6.07) is 0. The van der Waals surface area contributed by atoms with Gasteiger partial charge in [-0.25, -0.2) is 4.98 Å². The molecule has 6 heteroatoms. The van der Waals surface area contributed by atoms with E-state index in [4.69, 9.17) is 6.42 Å². The van der Waals surface area contributed by atoms with E-state index < -0.39 is 0 Å².